The minimum absolute atomic E-state index is 0.0317. The van der Waals surface area contributed by atoms with E-state index in [2.05, 4.69) is 41.6 Å². The lowest BCUT2D eigenvalue weighted by atomic mass is 9.70. The van der Waals surface area contributed by atoms with Crippen LogP contribution in [0.25, 0.3) is 0 Å². The normalized spacial score (nSPS) is 18.8. The van der Waals surface area contributed by atoms with E-state index in [-0.39, 0.29) is 23.1 Å². The average Bonchev–Trinajstić information content (AvgIpc) is 2.77. The molecular formula is C25H33ClN4O2. The Morgan fingerprint density at radius 1 is 1.16 bits per heavy atom. The number of nitrogens with zero attached hydrogens (tertiary/aromatic N) is 2. The molecule has 1 aromatic carbocycles. The highest BCUT2D eigenvalue weighted by molar-refractivity contribution is 6.30. The third-order valence-corrected chi connectivity index (χ3v) is 6.57. The fourth-order valence-corrected chi connectivity index (χ4v) is 4.59. The van der Waals surface area contributed by atoms with Gasteiger partial charge >= 0.3 is 0 Å². The van der Waals surface area contributed by atoms with Crippen LogP contribution in [0.2, 0.25) is 5.02 Å². The molecular weight excluding hydrogens is 424 g/mol. The van der Waals surface area contributed by atoms with E-state index in [9.17, 15) is 9.59 Å². The van der Waals surface area contributed by atoms with E-state index in [4.69, 9.17) is 11.6 Å². The van der Waals surface area contributed by atoms with Gasteiger partial charge in [-0.15, -0.1) is 0 Å². The zero-order valence-electron chi connectivity index (χ0n) is 19.5. The van der Waals surface area contributed by atoms with Gasteiger partial charge in [-0.25, -0.2) is 4.98 Å². The number of nitrogens with one attached hydrogen (secondary N) is 2. The molecule has 2 N–H and O–H groups in total. The standard InChI is InChI=1S/C25H33ClN4O2/c1-16(2)22(29-23(31)18-8-11-21(27-5)28-14-18)24(32)30-13-12-20(25(3,4)15-30)17-6-9-19(26)10-7-17/h6-11,14,16,20,22H,12-13,15H2,1-5H3,(H,27,28)(H,29,31)/t20?,22-/m1/s1. The molecule has 3 rings (SSSR count). The summed E-state index contributed by atoms with van der Waals surface area (Å²) in [6.45, 7) is 9.60. The minimum atomic E-state index is -0.589. The topological polar surface area (TPSA) is 74.3 Å². The molecule has 2 heterocycles. The van der Waals surface area contributed by atoms with E-state index in [0.29, 0.717) is 30.4 Å². The van der Waals surface area contributed by atoms with Crippen LogP contribution in [0.3, 0.4) is 0 Å². The van der Waals surface area contributed by atoms with E-state index < -0.39 is 6.04 Å². The number of anilines is 1. The Morgan fingerprint density at radius 3 is 2.38 bits per heavy atom. The molecule has 0 radical (unpaired) electrons. The Balaban J connectivity index is 1.71. The van der Waals surface area contributed by atoms with Crippen LogP contribution >= 0.6 is 11.6 Å². The summed E-state index contributed by atoms with van der Waals surface area (Å²) in [5, 5.41) is 6.59. The third-order valence-electron chi connectivity index (χ3n) is 6.31. The van der Waals surface area contributed by atoms with Gasteiger partial charge in [-0.05, 0) is 53.5 Å². The summed E-state index contributed by atoms with van der Waals surface area (Å²) in [5.74, 6) is 0.669. The SMILES string of the molecule is CNc1ccc(C(=O)N[C@@H](C(=O)N2CCC(c3ccc(Cl)cc3)C(C)(C)C2)C(C)C)cn1. The number of aromatic nitrogens is 1. The Labute approximate surface area is 195 Å². The second kappa shape index (κ2) is 9.90. The lowest BCUT2D eigenvalue weighted by Gasteiger charge is -2.45. The van der Waals surface area contributed by atoms with Crippen LogP contribution < -0.4 is 10.6 Å². The highest BCUT2D eigenvalue weighted by Crippen LogP contribution is 2.42. The number of pyridine rings is 1. The summed E-state index contributed by atoms with van der Waals surface area (Å²) in [6, 6.07) is 10.9. The molecule has 1 aliphatic heterocycles. The highest BCUT2D eigenvalue weighted by atomic mass is 35.5. The van der Waals surface area contributed by atoms with Crippen molar-refractivity contribution in [3.05, 3.63) is 58.7 Å². The maximum Gasteiger partial charge on any atom is 0.253 e. The maximum atomic E-state index is 13.5. The van der Waals surface area contributed by atoms with Crippen LogP contribution in [-0.2, 0) is 4.79 Å². The molecule has 0 saturated carbocycles. The van der Waals surface area contributed by atoms with Crippen molar-refractivity contribution >= 4 is 29.2 Å². The van der Waals surface area contributed by atoms with Gasteiger partial charge in [0.25, 0.3) is 5.91 Å². The molecule has 6 nitrogen and oxygen atoms in total. The number of amides is 2. The van der Waals surface area contributed by atoms with Crippen LogP contribution in [0.4, 0.5) is 5.82 Å². The van der Waals surface area contributed by atoms with Crippen molar-refractivity contribution in [3.8, 4) is 0 Å². The molecule has 1 saturated heterocycles. The molecule has 0 aliphatic carbocycles. The van der Waals surface area contributed by atoms with Crippen molar-refractivity contribution in [2.75, 3.05) is 25.5 Å². The summed E-state index contributed by atoms with van der Waals surface area (Å²) < 4.78 is 0. The summed E-state index contributed by atoms with van der Waals surface area (Å²) in [7, 11) is 1.77. The molecule has 1 unspecified atom stereocenters. The van der Waals surface area contributed by atoms with Crippen molar-refractivity contribution in [2.24, 2.45) is 11.3 Å². The van der Waals surface area contributed by atoms with Gasteiger partial charge in [-0.1, -0.05) is 51.4 Å². The van der Waals surface area contributed by atoms with Gasteiger partial charge in [-0.3, -0.25) is 9.59 Å². The van der Waals surface area contributed by atoms with E-state index in [1.165, 1.54) is 11.8 Å². The predicted octanol–water partition coefficient (Wildman–Crippen LogP) is 4.57. The first-order valence-corrected chi connectivity index (χ1v) is 11.5. The Hall–Kier alpha value is -2.60. The van der Waals surface area contributed by atoms with E-state index >= 15 is 0 Å². The molecule has 2 atom stereocenters. The summed E-state index contributed by atoms with van der Waals surface area (Å²) in [5.41, 5.74) is 1.59. The van der Waals surface area contributed by atoms with Gasteiger partial charge in [0.1, 0.15) is 11.9 Å². The van der Waals surface area contributed by atoms with Gasteiger partial charge < -0.3 is 15.5 Å². The lowest BCUT2D eigenvalue weighted by Crippen LogP contribution is -2.55. The number of piperidine rings is 1. The molecule has 0 bridgehead atoms. The second-order valence-electron chi connectivity index (χ2n) is 9.52. The number of halogens is 1. The zero-order chi connectivity index (χ0) is 23.5. The molecule has 7 heteroatoms. The van der Waals surface area contributed by atoms with E-state index in [1.807, 2.05) is 30.9 Å². The number of carbonyl (C=O) groups excluding carboxylic acids is 2. The summed E-state index contributed by atoms with van der Waals surface area (Å²) >= 11 is 6.06. The van der Waals surface area contributed by atoms with Crippen molar-refractivity contribution < 1.29 is 9.59 Å². The smallest absolute Gasteiger partial charge is 0.253 e. The molecule has 2 aromatic rings. The van der Waals surface area contributed by atoms with Crippen LogP contribution in [0.1, 0.15) is 56.0 Å². The number of hydrogen-bond donors (Lipinski definition) is 2. The van der Waals surface area contributed by atoms with Crippen molar-refractivity contribution in [2.45, 2.75) is 46.1 Å². The molecule has 32 heavy (non-hydrogen) atoms. The number of rotatable bonds is 6. The molecule has 0 spiro atoms. The van der Waals surface area contributed by atoms with Crippen molar-refractivity contribution in [1.82, 2.24) is 15.2 Å². The van der Waals surface area contributed by atoms with Crippen LogP contribution in [0.5, 0.6) is 0 Å². The third kappa shape index (κ3) is 5.41. The Morgan fingerprint density at radius 2 is 1.84 bits per heavy atom. The van der Waals surface area contributed by atoms with E-state index in [1.54, 1.807) is 19.2 Å². The number of carbonyl (C=O) groups is 2. The number of likely N-dealkylation sites (tertiary alicyclic amines) is 1. The molecule has 2 amide bonds. The summed E-state index contributed by atoms with van der Waals surface area (Å²) in [4.78, 5) is 32.3. The zero-order valence-corrected chi connectivity index (χ0v) is 20.2. The van der Waals surface area contributed by atoms with Crippen molar-refractivity contribution in [1.29, 1.82) is 0 Å². The minimum Gasteiger partial charge on any atom is -0.373 e. The number of hydrogen-bond acceptors (Lipinski definition) is 4. The first kappa shape index (κ1) is 24.1. The van der Waals surface area contributed by atoms with E-state index in [0.717, 1.165) is 11.4 Å². The Kier molecular flexibility index (Phi) is 7.44. The van der Waals surface area contributed by atoms with Crippen LogP contribution in [0, 0.1) is 11.3 Å². The van der Waals surface area contributed by atoms with Gasteiger partial charge in [0.05, 0.1) is 5.56 Å². The quantitative estimate of drug-likeness (QED) is 0.667. The predicted molar refractivity (Wildman–Crippen MR) is 129 cm³/mol. The second-order valence-corrected chi connectivity index (χ2v) is 9.95. The first-order valence-electron chi connectivity index (χ1n) is 11.1. The van der Waals surface area contributed by atoms with Gasteiger partial charge in [-0.2, -0.15) is 0 Å². The molecule has 172 valence electrons. The van der Waals surface area contributed by atoms with Gasteiger partial charge in [0, 0.05) is 31.4 Å². The van der Waals surface area contributed by atoms with Crippen LogP contribution in [-0.4, -0.2) is 47.9 Å². The van der Waals surface area contributed by atoms with Crippen LogP contribution in [0.15, 0.2) is 42.6 Å². The maximum absolute atomic E-state index is 13.5. The van der Waals surface area contributed by atoms with Gasteiger partial charge in [0.15, 0.2) is 0 Å². The summed E-state index contributed by atoms with van der Waals surface area (Å²) in [6.07, 6.45) is 2.39. The lowest BCUT2D eigenvalue weighted by molar-refractivity contribution is -0.137. The number of benzene rings is 1. The average molecular weight is 457 g/mol. The molecule has 1 aromatic heterocycles. The first-order chi connectivity index (χ1) is 15.1. The van der Waals surface area contributed by atoms with Gasteiger partial charge in [0.2, 0.25) is 5.91 Å². The largest absolute Gasteiger partial charge is 0.373 e. The molecule has 1 fully saturated rings. The molecule has 1 aliphatic rings. The van der Waals surface area contributed by atoms with Crippen molar-refractivity contribution in [3.63, 3.8) is 0 Å². The monoisotopic (exact) mass is 456 g/mol. The highest BCUT2D eigenvalue weighted by Gasteiger charge is 2.40. The Bertz CT molecular complexity index is 941. The fourth-order valence-electron chi connectivity index (χ4n) is 4.47. The fraction of sp³-hybridized carbons (Fsp3) is 0.480.